The lowest BCUT2D eigenvalue weighted by Crippen LogP contribution is -2.51. The van der Waals surface area contributed by atoms with Crippen LogP contribution >= 0.6 is 0 Å². The molecule has 2 fully saturated rings. The molecule has 0 amide bonds. The summed E-state index contributed by atoms with van der Waals surface area (Å²) >= 11 is 0. The summed E-state index contributed by atoms with van der Waals surface area (Å²) < 4.78 is 5.97. The van der Waals surface area contributed by atoms with E-state index in [0.717, 1.165) is 19.1 Å². The van der Waals surface area contributed by atoms with E-state index in [2.05, 4.69) is 33.0 Å². The van der Waals surface area contributed by atoms with Crippen LogP contribution in [0.1, 0.15) is 59.8 Å². The molecule has 1 saturated carbocycles. The highest BCUT2D eigenvalue weighted by molar-refractivity contribution is 4.96. The molecule has 2 atom stereocenters. The second kappa shape index (κ2) is 4.89. The monoisotopic (exact) mass is 239 g/mol. The topological polar surface area (TPSA) is 21.3 Å². The van der Waals surface area contributed by atoms with Crippen LogP contribution in [0.3, 0.4) is 0 Å². The highest BCUT2D eigenvalue weighted by Gasteiger charge is 2.42. The number of hydrogen-bond acceptors (Lipinski definition) is 2. The van der Waals surface area contributed by atoms with E-state index in [9.17, 15) is 0 Å². The summed E-state index contributed by atoms with van der Waals surface area (Å²) in [6.45, 7) is 11.4. The van der Waals surface area contributed by atoms with Gasteiger partial charge in [-0.15, -0.1) is 0 Å². The molecule has 0 radical (unpaired) electrons. The van der Waals surface area contributed by atoms with E-state index in [1.807, 2.05) is 0 Å². The molecule has 1 heterocycles. The van der Waals surface area contributed by atoms with Gasteiger partial charge >= 0.3 is 0 Å². The zero-order valence-corrected chi connectivity index (χ0v) is 12.0. The largest absolute Gasteiger partial charge is 0.375 e. The first-order valence-corrected chi connectivity index (χ1v) is 7.29. The van der Waals surface area contributed by atoms with Gasteiger partial charge in [-0.05, 0) is 50.0 Å². The van der Waals surface area contributed by atoms with Crippen molar-refractivity contribution in [2.24, 2.45) is 11.3 Å². The first kappa shape index (κ1) is 13.4. The molecule has 1 N–H and O–H groups in total. The quantitative estimate of drug-likeness (QED) is 0.815. The third kappa shape index (κ3) is 3.23. The molecule has 2 unspecified atom stereocenters. The third-order valence-corrected chi connectivity index (χ3v) is 4.95. The molecule has 0 aromatic carbocycles. The fourth-order valence-electron chi connectivity index (χ4n) is 2.77. The van der Waals surface area contributed by atoms with E-state index >= 15 is 0 Å². The second-order valence-electron chi connectivity index (χ2n) is 7.25. The van der Waals surface area contributed by atoms with Crippen LogP contribution in [-0.2, 0) is 4.74 Å². The van der Waals surface area contributed by atoms with Gasteiger partial charge in [0.05, 0.1) is 5.60 Å². The molecular weight excluding hydrogens is 210 g/mol. The van der Waals surface area contributed by atoms with E-state index in [4.69, 9.17) is 4.74 Å². The van der Waals surface area contributed by atoms with Crippen LogP contribution in [0.25, 0.3) is 0 Å². The lowest BCUT2D eigenvalue weighted by atomic mass is 9.73. The van der Waals surface area contributed by atoms with Gasteiger partial charge in [-0.2, -0.15) is 0 Å². The minimum atomic E-state index is 0.279. The summed E-state index contributed by atoms with van der Waals surface area (Å²) in [6.07, 6.45) is 6.38. The van der Waals surface area contributed by atoms with E-state index in [1.54, 1.807) is 0 Å². The lowest BCUT2D eigenvalue weighted by Gasteiger charge is -2.47. The maximum absolute atomic E-state index is 5.97. The predicted octanol–water partition coefficient (Wildman–Crippen LogP) is 3.36. The van der Waals surface area contributed by atoms with Crippen molar-refractivity contribution >= 4 is 0 Å². The number of hydrogen-bond donors (Lipinski definition) is 1. The molecule has 100 valence electrons. The van der Waals surface area contributed by atoms with Crippen molar-refractivity contribution < 1.29 is 4.74 Å². The highest BCUT2D eigenvalue weighted by atomic mass is 16.5. The van der Waals surface area contributed by atoms with Crippen LogP contribution in [0, 0.1) is 11.3 Å². The Kier molecular flexibility index (Phi) is 3.84. The van der Waals surface area contributed by atoms with Crippen molar-refractivity contribution in [3.63, 3.8) is 0 Å². The SMILES string of the molecule is CC(CNC1CCOC2(CCC2)C1)C(C)(C)C. The van der Waals surface area contributed by atoms with Gasteiger partial charge in [-0.1, -0.05) is 27.7 Å². The molecule has 1 saturated heterocycles. The van der Waals surface area contributed by atoms with Crippen molar-refractivity contribution in [3.05, 3.63) is 0 Å². The van der Waals surface area contributed by atoms with Gasteiger partial charge in [0, 0.05) is 12.6 Å². The van der Waals surface area contributed by atoms with E-state index in [0.29, 0.717) is 11.5 Å². The molecule has 0 bridgehead atoms. The van der Waals surface area contributed by atoms with Crippen molar-refractivity contribution in [2.45, 2.75) is 71.4 Å². The molecule has 2 rings (SSSR count). The molecule has 1 aliphatic heterocycles. The Morgan fingerprint density at radius 3 is 2.59 bits per heavy atom. The molecule has 2 heteroatoms. The van der Waals surface area contributed by atoms with Crippen LogP contribution < -0.4 is 5.32 Å². The number of nitrogens with one attached hydrogen (secondary N) is 1. The summed E-state index contributed by atoms with van der Waals surface area (Å²) in [6, 6.07) is 0.689. The Morgan fingerprint density at radius 1 is 1.35 bits per heavy atom. The molecule has 2 nitrogen and oxygen atoms in total. The van der Waals surface area contributed by atoms with Crippen LogP contribution in [0.2, 0.25) is 0 Å². The first-order valence-electron chi connectivity index (χ1n) is 7.29. The summed E-state index contributed by atoms with van der Waals surface area (Å²) in [5.41, 5.74) is 0.688. The van der Waals surface area contributed by atoms with Crippen molar-refractivity contribution in [3.8, 4) is 0 Å². The Morgan fingerprint density at radius 2 is 2.06 bits per heavy atom. The van der Waals surface area contributed by atoms with E-state index in [1.165, 1.54) is 32.1 Å². The second-order valence-corrected chi connectivity index (χ2v) is 7.25. The van der Waals surface area contributed by atoms with Gasteiger partial charge < -0.3 is 10.1 Å². The third-order valence-electron chi connectivity index (χ3n) is 4.95. The molecular formula is C15H29NO. The fraction of sp³-hybridized carbons (Fsp3) is 1.00. The Labute approximate surface area is 107 Å². The molecule has 0 aromatic rings. The van der Waals surface area contributed by atoms with Gasteiger partial charge in [0.25, 0.3) is 0 Å². The minimum absolute atomic E-state index is 0.279. The van der Waals surface area contributed by atoms with Crippen LogP contribution in [-0.4, -0.2) is 24.8 Å². The molecule has 1 spiro atoms. The molecule has 17 heavy (non-hydrogen) atoms. The van der Waals surface area contributed by atoms with E-state index in [-0.39, 0.29) is 5.60 Å². The van der Waals surface area contributed by atoms with Gasteiger partial charge in [0.2, 0.25) is 0 Å². The molecule has 2 aliphatic rings. The Bertz CT molecular complexity index is 252. The van der Waals surface area contributed by atoms with Gasteiger partial charge in [-0.25, -0.2) is 0 Å². The average Bonchev–Trinajstić information content (AvgIpc) is 2.23. The smallest absolute Gasteiger partial charge is 0.0697 e. The van der Waals surface area contributed by atoms with Crippen molar-refractivity contribution in [1.29, 1.82) is 0 Å². The zero-order valence-electron chi connectivity index (χ0n) is 12.0. The normalized spacial score (nSPS) is 30.0. The standard InChI is InChI=1S/C15H29NO/c1-12(14(2,3)4)11-16-13-6-9-17-15(10-13)7-5-8-15/h12-13,16H,5-11H2,1-4H3. The molecule has 1 aliphatic carbocycles. The number of rotatable bonds is 3. The highest BCUT2D eigenvalue weighted by Crippen LogP contribution is 2.42. The Hall–Kier alpha value is -0.0800. The summed E-state index contributed by atoms with van der Waals surface area (Å²) in [7, 11) is 0. The van der Waals surface area contributed by atoms with Gasteiger partial charge in [0.15, 0.2) is 0 Å². The first-order chi connectivity index (χ1) is 7.91. The predicted molar refractivity (Wildman–Crippen MR) is 72.2 cm³/mol. The van der Waals surface area contributed by atoms with Crippen molar-refractivity contribution in [2.75, 3.05) is 13.2 Å². The lowest BCUT2D eigenvalue weighted by molar-refractivity contribution is -0.135. The number of ether oxygens (including phenoxy) is 1. The summed E-state index contributed by atoms with van der Waals surface area (Å²) in [4.78, 5) is 0. The zero-order chi connectivity index (χ0) is 12.5. The summed E-state index contributed by atoms with van der Waals surface area (Å²) in [5.74, 6) is 0.725. The maximum Gasteiger partial charge on any atom is 0.0697 e. The fourth-order valence-corrected chi connectivity index (χ4v) is 2.77. The molecule has 0 aromatic heterocycles. The van der Waals surface area contributed by atoms with E-state index < -0.39 is 0 Å². The average molecular weight is 239 g/mol. The minimum Gasteiger partial charge on any atom is -0.375 e. The van der Waals surface area contributed by atoms with Crippen LogP contribution in [0.4, 0.5) is 0 Å². The summed E-state index contributed by atoms with van der Waals surface area (Å²) in [5, 5.41) is 3.77. The maximum atomic E-state index is 5.97. The van der Waals surface area contributed by atoms with Gasteiger partial charge in [0.1, 0.15) is 0 Å². The van der Waals surface area contributed by atoms with Crippen LogP contribution in [0.5, 0.6) is 0 Å². The van der Waals surface area contributed by atoms with Crippen LogP contribution in [0.15, 0.2) is 0 Å². The Balaban J connectivity index is 1.76. The van der Waals surface area contributed by atoms with Gasteiger partial charge in [-0.3, -0.25) is 0 Å². The van der Waals surface area contributed by atoms with Crippen molar-refractivity contribution in [1.82, 2.24) is 5.32 Å².